The number of pyridine rings is 1. The maximum Gasteiger partial charge on any atom is 0.0273 e. The maximum atomic E-state index is 3.89. The molecule has 0 spiro atoms. The van der Waals surface area contributed by atoms with E-state index in [1.807, 2.05) is 45.1 Å². The van der Waals surface area contributed by atoms with Gasteiger partial charge in [0.05, 0.1) is 0 Å². The molecule has 0 fully saturated rings. The minimum absolute atomic E-state index is 1.20. The highest BCUT2D eigenvalue weighted by molar-refractivity contribution is 5.47. The van der Waals surface area contributed by atoms with Crippen LogP contribution in [-0.4, -0.2) is 4.98 Å². The van der Waals surface area contributed by atoms with E-state index in [0.717, 1.165) is 0 Å². The molecular formula is C10H15N. The van der Waals surface area contributed by atoms with Gasteiger partial charge in [-0.1, -0.05) is 26.0 Å². The highest BCUT2D eigenvalue weighted by Crippen LogP contribution is 1.97. The molecule has 0 bridgehead atoms. The maximum absolute atomic E-state index is 3.89. The molecule has 1 rings (SSSR count). The molecule has 1 heteroatoms. The molecule has 0 aliphatic carbocycles. The van der Waals surface area contributed by atoms with E-state index >= 15 is 0 Å². The number of hydrogen-bond donors (Lipinski definition) is 0. The zero-order valence-electron chi connectivity index (χ0n) is 7.41. The van der Waals surface area contributed by atoms with Crippen molar-refractivity contribution in [3.05, 3.63) is 36.2 Å². The molecule has 0 saturated carbocycles. The molecule has 0 amide bonds. The molecule has 11 heavy (non-hydrogen) atoms. The van der Waals surface area contributed by atoms with Crippen LogP contribution in [0.3, 0.4) is 0 Å². The summed E-state index contributed by atoms with van der Waals surface area (Å²) in [5.74, 6) is 0. The van der Waals surface area contributed by atoms with Gasteiger partial charge in [-0.25, -0.2) is 0 Å². The summed E-state index contributed by atoms with van der Waals surface area (Å²) in [6.07, 6.45) is 7.63. The largest absolute Gasteiger partial charge is 0.265 e. The molecule has 0 N–H and O–H groups in total. The van der Waals surface area contributed by atoms with Gasteiger partial charge in [-0.3, -0.25) is 4.98 Å². The highest BCUT2D eigenvalue weighted by Gasteiger charge is 1.78. The van der Waals surface area contributed by atoms with E-state index < -0.39 is 0 Å². The lowest BCUT2D eigenvalue weighted by atomic mass is 10.2. The first-order valence-electron chi connectivity index (χ1n) is 3.96. The van der Waals surface area contributed by atoms with Gasteiger partial charge in [0.2, 0.25) is 0 Å². The van der Waals surface area contributed by atoms with Crippen molar-refractivity contribution in [2.24, 2.45) is 0 Å². The predicted molar refractivity (Wildman–Crippen MR) is 50.3 cm³/mol. The first kappa shape index (κ1) is 9.89. The first-order chi connectivity index (χ1) is 5.43. The van der Waals surface area contributed by atoms with Crippen molar-refractivity contribution in [2.75, 3.05) is 0 Å². The standard InChI is InChI=1S/C8H9N.C2H6/c1-2-3-8-4-6-9-7-5-8;1-2/h2-7H,1H3;1-2H3/b3-2+;. The van der Waals surface area contributed by atoms with Gasteiger partial charge in [-0.15, -0.1) is 0 Å². The van der Waals surface area contributed by atoms with Crippen LogP contribution in [0.25, 0.3) is 6.08 Å². The van der Waals surface area contributed by atoms with Gasteiger partial charge in [0.25, 0.3) is 0 Å². The average molecular weight is 149 g/mol. The molecule has 1 aromatic rings. The van der Waals surface area contributed by atoms with Gasteiger partial charge < -0.3 is 0 Å². The van der Waals surface area contributed by atoms with Crippen molar-refractivity contribution in [3.8, 4) is 0 Å². The van der Waals surface area contributed by atoms with Gasteiger partial charge >= 0.3 is 0 Å². The summed E-state index contributed by atoms with van der Waals surface area (Å²) in [5, 5.41) is 0. The first-order valence-corrected chi connectivity index (χ1v) is 3.96. The fourth-order valence-electron chi connectivity index (χ4n) is 0.667. The Morgan fingerprint density at radius 1 is 1.18 bits per heavy atom. The molecule has 0 unspecified atom stereocenters. The highest BCUT2D eigenvalue weighted by atomic mass is 14.6. The quantitative estimate of drug-likeness (QED) is 0.597. The summed E-state index contributed by atoms with van der Waals surface area (Å²) in [7, 11) is 0. The minimum Gasteiger partial charge on any atom is -0.265 e. The Morgan fingerprint density at radius 2 is 1.73 bits per heavy atom. The van der Waals surface area contributed by atoms with Crippen molar-refractivity contribution in [3.63, 3.8) is 0 Å². The fourth-order valence-corrected chi connectivity index (χ4v) is 0.667. The van der Waals surface area contributed by atoms with Gasteiger partial charge in [0.1, 0.15) is 0 Å². The number of allylic oxidation sites excluding steroid dienone is 1. The van der Waals surface area contributed by atoms with Crippen LogP contribution >= 0.6 is 0 Å². The van der Waals surface area contributed by atoms with E-state index in [0.29, 0.717) is 0 Å². The summed E-state index contributed by atoms with van der Waals surface area (Å²) in [4.78, 5) is 3.89. The van der Waals surface area contributed by atoms with Crippen LogP contribution in [0.5, 0.6) is 0 Å². The van der Waals surface area contributed by atoms with Crippen molar-refractivity contribution >= 4 is 6.08 Å². The number of nitrogens with zero attached hydrogens (tertiary/aromatic N) is 1. The van der Waals surface area contributed by atoms with E-state index in [1.165, 1.54) is 5.56 Å². The number of hydrogen-bond acceptors (Lipinski definition) is 1. The van der Waals surface area contributed by atoms with E-state index in [-0.39, 0.29) is 0 Å². The fraction of sp³-hybridized carbons (Fsp3) is 0.300. The molecule has 1 aromatic heterocycles. The number of rotatable bonds is 1. The van der Waals surface area contributed by atoms with Crippen LogP contribution in [0.15, 0.2) is 30.6 Å². The third kappa shape index (κ3) is 4.31. The zero-order valence-corrected chi connectivity index (χ0v) is 7.41. The summed E-state index contributed by atoms with van der Waals surface area (Å²) in [6.45, 7) is 6.00. The van der Waals surface area contributed by atoms with Gasteiger partial charge in [0, 0.05) is 12.4 Å². The molecule has 0 aliphatic rings. The van der Waals surface area contributed by atoms with Gasteiger partial charge in [0.15, 0.2) is 0 Å². The van der Waals surface area contributed by atoms with E-state index in [4.69, 9.17) is 0 Å². The summed E-state index contributed by atoms with van der Waals surface area (Å²) in [6, 6.07) is 3.94. The zero-order chi connectivity index (χ0) is 8.53. The second-order valence-electron chi connectivity index (χ2n) is 1.78. The second kappa shape index (κ2) is 7.00. The Labute approximate surface area is 68.8 Å². The van der Waals surface area contributed by atoms with Crippen LogP contribution in [0, 0.1) is 0 Å². The second-order valence-corrected chi connectivity index (χ2v) is 1.78. The van der Waals surface area contributed by atoms with E-state index in [2.05, 4.69) is 4.98 Å². The normalized spacial score (nSPS) is 9.00. The molecule has 0 aromatic carbocycles. The topological polar surface area (TPSA) is 12.9 Å². The van der Waals surface area contributed by atoms with Crippen LogP contribution in [0.1, 0.15) is 26.3 Å². The lowest BCUT2D eigenvalue weighted by Gasteiger charge is -1.86. The van der Waals surface area contributed by atoms with Crippen molar-refractivity contribution in [1.82, 2.24) is 4.98 Å². The molecule has 0 atom stereocenters. The lowest BCUT2D eigenvalue weighted by Crippen LogP contribution is -1.70. The minimum atomic E-state index is 1.20. The Kier molecular flexibility index (Phi) is 6.30. The van der Waals surface area contributed by atoms with Crippen molar-refractivity contribution in [1.29, 1.82) is 0 Å². The SMILES string of the molecule is C/C=C/c1ccncc1.CC. The lowest BCUT2D eigenvalue weighted by molar-refractivity contribution is 1.32. The number of aromatic nitrogens is 1. The average Bonchev–Trinajstić information content (AvgIpc) is 2.11. The summed E-state index contributed by atoms with van der Waals surface area (Å²) in [5.41, 5.74) is 1.20. The third-order valence-electron chi connectivity index (χ3n) is 1.07. The smallest absolute Gasteiger partial charge is 0.0273 e. The summed E-state index contributed by atoms with van der Waals surface area (Å²) < 4.78 is 0. The Bertz CT molecular complexity index is 189. The van der Waals surface area contributed by atoms with Gasteiger partial charge in [-0.05, 0) is 24.6 Å². The van der Waals surface area contributed by atoms with Crippen LogP contribution in [0.2, 0.25) is 0 Å². The Balaban J connectivity index is 0.000000461. The van der Waals surface area contributed by atoms with Crippen LogP contribution < -0.4 is 0 Å². The molecule has 0 aliphatic heterocycles. The van der Waals surface area contributed by atoms with Crippen LogP contribution in [0.4, 0.5) is 0 Å². The third-order valence-corrected chi connectivity index (χ3v) is 1.07. The van der Waals surface area contributed by atoms with Crippen molar-refractivity contribution in [2.45, 2.75) is 20.8 Å². The summed E-state index contributed by atoms with van der Waals surface area (Å²) >= 11 is 0. The monoisotopic (exact) mass is 149 g/mol. The Hall–Kier alpha value is -1.11. The molecular weight excluding hydrogens is 134 g/mol. The van der Waals surface area contributed by atoms with Gasteiger partial charge in [-0.2, -0.15) is 0 Å². The Morgan fingerprint density at radius 3 is 2.18 bits per heavy atom. The molecule has 1 heterocycles. The molecule has 1 nitrogen and oxygen atoms in total. The van der Waals surface area contributed by atoms with Crippen molar-refractivity contribution < 1.29 is 0 Å². The predicted octanol–water partition coefficient (Wildman–Crippen LogP) is 3.14. The molecule has 60 valence electrons. The van der Waals surface area contributed by atoms with Crippen LogP contribution in [-0.2, 0) is 0 Å². The molecule has 0 saturated heterocycles. The molecule has 0 radical (unpaired) electrons. The van der Waals surface area contributed by atoms with E-state index in [9.17, 15) is 0 Å². The van der Waals surface area contributed by atoms with E-state index in [1.54, 1.807) is 12.4 Å².